The number of nitrogens with zero attached hydrogens (tertiary/aromatic N) is 1. The van der Waals surface area contributed by atoms with E-state index in [4.69, 9.17) is 5.11 Å². The Morgan fingerprint density at radius 1 is 1.53 bits per heavy atom. The van der Waals surface area contributed by atoms with Gasteiger partial charge >= 0.3 is 0 Å². The average Bonchev–Trinajstić information content (AvgIpc) is 2.33. The van der Waals surface area contributed by atoms with Crippen LogP contribution in [-0.4, -0.2) is 29.1 Å². The fourth-order valence-corrected chi connectivity index (χ4v) is 1.17. The quantitative estimate of drug-likeness (QED) is 0.758. The number of nitrogens with one attached hydrogen (secondary N) is 1. The predicted octanol–water partition coefficient (Wildman–Crippen LogP) is 0.811. The smallest absolute Gasteiger partial charge is 0.252 e. The summed E-state index contributed by atoms with van der Waals surface area (Å²) in [5, 5.41) is 11.4. The van der Waals surface area contributed by atoms with Gasteiger partial charge in [0.1, 0.15) is 6.61 Å². The SMILES string of the molecule is CC(C)CNC(=O)c1cncc(C#CCO)c1. The van der Waals surface area contributed by atoms with Crippen molar-refractivity contribution in [2.24, 2.45) is 5.92 Å². The van der Waals surface area contributed by atoms with Crippen LogP contribution in [0.2, 0.25) is 0 Å². The van der Waals surface area contributed by atoms with Gasteiger partial charge in [0, 0.05) is 24.5 Å². The summed E-state index contributed by atoms with van der Waals surface area (Å²) in [5.74, 6) is 5.48. The Bertz CT molecular complexity index is 444. The van der Waals surface area contributed by atoms with Crippen molar-refractivity contribution in [2.75, 3.05) is 13.2 Å². The molecule has 1 rings (SSSR count). The molecule has 0 aliphatic carbocycles. The van der Waals surface area contributed by atoms with E-state index in [1.54, 1.807) is 12.3 Å². The second-order valence-electron chi connectivity index (χ2n) is 4.03. The summed E-state index contributed by atoms with van der Waals surface area (Å²) in [5.41, 5.74) is 1.10. The Hall–Kier alpha value is -1.86. The van der Waals surface area contributed by atoms with Crippen LogP contribution in [0.15, 0.2) is 18.5 Å². The van der Waals surface area contributed by atoms with Crippen LogP contribution in [0.3, 0.4) is 0 Å². The first kappa shape index (κ1) is 13.2. The van der Waals surface area contributed by atoms with Crippen LogP contribution in [0, 0.1) is 17.8 Å². The molecule has 0 unspecified atom stereocenters. The molecule has 0 bridgehead atoms. The van der Waals surface area contributed by atoms with Gasteiger partial charge in [0.05, 0.1) is 5.56 Å². The highest BCUT2D eigenvalue weighted by atomic mass is 16.2. The lowest BCUT2D eigenvalue weighted by Gasteiger charge is -2.07. The minimum Gasteiger partial charge on any atom is -0.384 e. The van der Waals surface area contributed by atoms with Crippen LogP contribution in [0.4, 0.5) is 0 Å². The van der Waals surface area contributed by atoms with E-state index in [0.717, 1.165) is 0 Å². The number of carbonyl (C=O) groups is 1. The maximum atomic E-state index is 11.7. The van der Waals surface area contributed by atoms with Crippen molar-refractivity contribution in [2.45, 2.75) is 13.8 Å². The molecule has 4 nitrogen and oxygen atoms in total. The molecule has 0 aliphatic heterocycles. The molecule has 1 amide bonds. The third-order valence-electron chi connectivity index (χ3n) is 1.98. The van der Waals surface area contributed by atoms with Gasteiger partial charge in [-0.2, -0.15) is 0 Å². The fourth-order valence-electron chi connectivity index (χ4n) is 1.17. The largest absolute Gasteiger partial charge is 0.384 e. The van der Waals surface area contributed by atoms with Gasteiger partial charge in [0.15, 0.2) is 0 Å². The zero-order valence-corrected chi connectivity index (χ0v) is 10.0. The predicted molar refractivity (Wildman–Crippen MR) is 65.4 cm³/mol. The minimum atomic E-state index is -0.205. The molecule has 90 valence electrons. The van der Waals surface area contributed by atoms with Gasteiger partial charge in [0.25, 0.3) is 5.91 Å². The second kappa shape index (κ2) is 6.66. The van der Waals surface area contributed by atoms with Gasteiger partial charge in [-0.05, 0) is 12.0 Å². The summed E-state index contributed by atoms with van der Waals surface area (Å²) >= 11 is 0. The van der Waals surface area contributed by atoms with Crippen molar-refractivity contribution < 1.29 is 9.90 Å². The number of carbonyl (C=O) groups excluding carboxylic acids is 1. The third kappa shape index (κ3) is 4.66. The molecule has 0 spiro atoms. The van der Waals surface area contributed by atoms with E-state index in [1.807, 2.05) is 13.8 Å². The number of amides is 1. The van der Waals surface area contributed by atoms with Crippen LogP contribution < -0.4 is 5.32 Å². The van der Waals surface area contributed by atoms with Gasteiger partial charge in [0.2, 0.25) is 0 Å². The van der Waals surface area contributed by atoms with E-state index >= 15 is 0 Å². The normalized spacial score (nSPS) is 9.65. The number of aliphatic hydroxyl groups excluding tert-OH is 1. The lowest BCUT2D eigenvalue weighted by Crippen LogP contribution is -2.27. The number of pyridine rings is 1. The minimum absolute atomic E-state index is 0.154. The lowest BCUT2D eigenvalue weighted by molar-refractivity contribution is 0.0948. The summed E-state index contributed by atoms with van der Waals surface area (Å²) in [4.78, 5) is 15.7. The molecule has 4 heteroatoms. The first-order valence-corrected chi connectivity index (χ1v) is 5.46. The van der Waals surface area contributed by atoms with Crippen molar-refractivity contribution in [1.82, 2.24) is 10.3 Å². The maximum Gasteiger partial charge on any atom is 0.252 e. The summed E-state index contributed by atoms with van der Waals surface area (Å²) in [6, 6.07) is 1.66. The van der Waals surface area contributed by atoms with Crippen LogP contribution in [0.1, 0.15) is 29.8 Å². The number of aliphatic hydroxyl groups is 1. The first-order valence-electron chi connectivity index (χ1n) is 5.46. The van der Waals surface area contributed by atoms with Gasteiger partial charge in [-0.25, -0.2) is 0 Å². The number of hydrogen-bond donors (Lipinski definition) is 2. The van der Waals surface area contributed by atoms with Crippen molar-refractivity contribution in [3.05, 3.63) is 29.6 Å². The van der Waals surface area contributed by atoms with Crippen molar-refractivity contribution >= 4 is 5.91 Å². The highest BCUT2D eigenvalue weighted by Gasteiger charge is 2.06. The number of hydrogen-bond acceptors (Lipinski definition) is 3. The number of rotatable bonds is 3. The van der Waals surface area contributed by atoms with E-state index in [0.29, 0.717) is 23.6 Å². The summed E-state index contributed by atoms with van der Waals surface area (Å²) in [7, 11) is 0. The highest BCUT2D eigenvalue weighted by Crippen LogP contribution is 2.01. The number of aromatic nitrogens is 1. The Labute approximate surface area is 101 Å². The topological polar surface area (TPSA) is 62.2 Å². The van der Waals surface area contributed by atoms with Gasteiger partial charge in [-0.1, -0.05) is 25.7 Å². The van der Waals surface area contributed by atoms with Gasteiger partial charge in [-0.3, -0.25) is 9.78 Å². The average molecular weight is 232 g/mol. The summed E-state index contributed by atoms with van der Waals surface area (Å²) in [6.07, 6.45) is 3.06. The first-order chi connectivity index (χ1) is 8.13. The molecule has 2 N–H and O–H groups in total. The molecule has 0 fully saturated rings. The molecule has 1 aromatic heterocycles. The van der Waals surface area contributed by atoms with E-state index in [-0.39, 0.29) is 12.5 Å². The highest BCUT2D eigenvalue weighted by molar-refractivity contribution is 5.94. The molecule has 0 atom stereocenters. The van der Waals surface area contributed by atoms with E-state index in [2.05, 4.69) is 22.1 Å². The molecule has 0 radical (unpaired) electrons. The van der Waals surface area contributed by atoms with Crippen LogP contribution in [-0.2, 0) is 0 Å². The zero-order valence-electron chi connectivity index (χ0n) is 10.0. The molecule has 0 saturated heterocycles. The van der Waals surface area contributed by atoms with Gasteiger partial charge in [-0.15, -0.1) is 0 Å². The van der Waals surface area contributed by atoms with Gasteiger partial charge < -0.3 is 10.4 Å². The Kier molecular flexibility index (Phi) is 5.18. The summed E-state index contributed by atoms with van der Waals surface area (Å²) in [6.45, 7) is 4.48. The fraction of sp³-hybridized carbons (Fsp3) is 0.385. The Balaban J connectivity index is 2.74. The molecule has 0 saturated carbocycles. The summed E-state index contributed by atoms with van der Waals surface area (Å²) < 4.78 is 0. The molecule has 0 aliphatic rings. The molecular formula is C13H16N2O2. The van der Waals surface area contributed by atoms with Crippen molar-refractivity contribution in [1.29, 1.82) is 0 Å². The molecule has 17 heavy (non-hydrogen) atoms. The molecule has 1 aromatic rings. The third-order valence-corrected chi connectivity index (χ3v) is 1.98. The molecule has 1 heterocycles. The van der Waals surface area contributed by atoms with E-state index < -0.39 is 0 Å². The Morgan fingerprint density at radius 2 is 2.29 bits per heavy atom. The standard InChI is InChI=1S/C13H16N2O2/c1-10(2)7-15-13(17)12-6-11(4-3-5-16)8-14-9-12/h6,8-10,16H,5,7H2,1-2H3,(H,15,17). The van der Waals surface area contributed by atoms with Crippen molar-refractivity contribution in [3.8, 4) is 11.8 Å². The van der Waals surface area contributed by atoms with Crippen LogP contribution in [0.5, 0.6) is 0 Å². The maximum absolute atomic E-state index is 11.7. The molecular weight excluding hydrogens is 216 g/mol. The van der Waals surface area contributed by atoms with Crippen molar-refractivity contribution in [3.63, 3.8) is 0 Å². The van der Waals surface area contributed by atoms with E-state index in [9.17, 15) is 4.79 Å². The lowest BCUT2D eigenvalue weighted by atomic mass is 10.2. The Morgan fingerprint density at radius 3 is 2.94 bits per heavy atom. The van der Waals surface area contributed by atoms with E-state index in [1.165, 1.54) is 6.20 Å². The van der Waals surface area contributed by atoms with Crippen LogP contribution >= 0.6 is 0 Å². The van der Waals surface area contributed by atoms with Crippen LogP contribution in [0.25, 0.3) is 0 Å². The monoisotopic (exact) mass is 232 g/mol. The second-order valence-corrected chi connectivity index (χ2v) is 4.03. The molecule has 0 aromatic carbocycles. The zero-order chi connectivity index (χ0) is 12.7.